The fourth-order valence-electron chi connectivity index (χ4n) is 4.34. The lowest BCUT2D eigenvalue weighted by molar-refractivity contribution is 0.217. The van der Waals surface area contributed by atoms with Gasteiger partial charge in [0, 0.05) is 35.6 Å². The van der Waals surface area contributed by atoms with Crippen molar-refractivity contribution in [1.29, 1.82) is 0 Å². The number of hydrogen-bond donors (Lipinski definition) is 1. The first-order chi connectivity index (χ1) is 9.88. The van der Waals surface area contributed by atoms with Crippen molar-refractivity contribution in [3.05, 3.63) is 35.0 Å². The first kappa shape index (κ1) is 11.4. The van der Waals surface area contributed by atoms with Crippen molar-refractivity contribution >= 4 is 10.9 Å². The highest BCUT2D eigenvalue weighted by molar-refractivity contribution is 5.86. The van der Waals surface area contributed by atoms with E-state index in [0.29, 0.717) is 0 Å². The van der Waals surface area contributed by atoms with Crippen molar-refractivity contribution in [2.75, 3.05) is 19.6 Å². The zero-order valence-corrected chi connectivity index (χ0v) is 12.0. The molecule has 5 rings (SSSR count). The summed E-state index contributed by atoms with van der Waals surface area (Å²) in [5, 5.41) is 1.53. The molecule has 1 saturated heterocycles. The number of aromatic amines is 1. The minimum atomic E-state index is 0.748. The van der Waals surface area contributed by atoms with Gasteiger partial charge in [-0.3, -0.25) is 0 Å². The van der Waals surface area contributed by atoms with Crippen LogP contribution in [0, 0.1) is 0 Å². The van der Waals surface area contributed by atoms with Crippen LogP contribution in [-0.4, -0.2) is 29.5 Å². The van der Waals surface area contributed by atoms with Crippen molar-refractivity contribution in [3.8, 4) is 0 Å². The lowest BCUT2D eigenvalue weighted by Gasteiger charge is -2.29. The molecule has 2 aromatic rings. The average molecular weight is 266 g/mol. The quantitative estimate of drug-likeness (QED) is 0.832. The second-order valence-corrected chi connectivity index (χ2v) is 6.99. The zero-order valence-electron chi connectivity index (χ0n) is 12.0. The Bertz CT molecular complexity index is 665. The molecule has 2 nitrogen and oxygen atoms in total. The van der Waals surface area contributed by atoms with E-state index in [9.17, 15) is 0 Å². The second kappa shape index (κ2) is 4.11. The van der Waals surface area contributed by atoms with E-state index in [-0.39, 0.29) is 0 Å². The number of H-pyrrole nitrogens is 1. The predicted molar refractivity (Wildman–Crippen MR) is 82.4 cm³/mol. The lowest BCUT2D eigenvalue weighted by atomic mass is 9.93. The Morgan fingerprint density at radius 3 is 2.90 bits per heavy atom. The summed E-state index contributed by atoms with van der Waals surface area (Å²) < 4.78 is 0. The fourth-order valence-corrected chi connectivity index (χ4v) is 4.34. The van der Waals surface area contributed by atoms with Gasteiger partial charge in [0.1, 0.15) is 0 Å². The van der Waals surface area contributed by atoms with Crippen LogP contribution < -0.4 is 0 Å². The third-order valence-electron chi connectivity index (χ3n) is 5.60. The van der Waals surface area contributed by atoms with Crippen molar-refractivity contribution in [1.82, 2.24) is 9.88 Å². The molecule has 104 valence electrons. The van der Waals surface area contributed by atoms with E-state index in [1.807, 2.05) is 0 Å². The number of rotatable bonds is 1. The highest BCUT2D eigenvalue weighted by atomic mass is 15.1. The third kappa shape index (κ3) is 1.67. The van der Waals surface area contributed by atoms with Gasteiger partial charge in [0.25, 0.3) is 0 Å². The van der Waals surface area contributed by atoms with E-state index < -0.39 is 0 Å². The van der Waals surface area contributed by atoms with Crippen LogP contribution in [0.15, 0.2) is 18.2 Å². The predicted octanol–water partition coefficient (Wildman–Crippen LogP) is 3.78. The van der Waals surface area contributed by atoms with Crippen molar-refractivity contribution in [3.63, 3.8) is 0 Å². The van der Waals surface area contributed by atoms with Crippen molar-refractivity contribution in [2.45, 2.75) is 43.9 Å². The number of benzene rings is 1. The Kier molecular flexibility index (Phi) is 2.34. The number of aromatic nitrogens is 1. The highest BCUT2D eigenvalue weighted by Crippen LogP contribution is 2.42. The molecular weight excluding hydrogens is 244 g/mol. The van der Waals surface area contributed by atoms with Crippen LogP contribution in [-0.2, 0) is 6.42 Å². The summed E-state index contributed by atoms with van der Waals surface area (Å²) in [7, 11) is 0. The first-order valence-electron chi connectivity index (χ1n) is 8.25. The van der Waals surface area contributed by atoms with Gasteiger partial charge in [-0.2, -0.15) is 0 Å². The van der Waals surface area contributed by atoms with Gasteiger partial charge in [-0.25, -0.2) is 0 Å². The molecule has 2 unspecified atom stereocenters. The summed E-state index contributed by atoms with van der Waals surface area (Å²) in [6.45, 7) is 3.84. The molecule has 2 bridgehead atoms. The Balaban J connectivity index is 1.67. The number of nitrogens with zero attached hydrogens (tertiary/aromatic N) is 1. The monoisotopic (exact) mass is 266 g/mol. The van der Waals surface area contributed by atoms with E-state index >= 15 is 0 Å². The highest BCUT2D eigenvalue weighted by Gasteiger charge is 2.30. The summed E-state index contributed by atoms with van der Waals surface area (Å²) in [5.74, 6) is 1.61. The summed E-state index contributed by atoms with van der Waals surface area (Å²) in [6.07, 6.45) is 6.77. The summed E-state index contributed by atoms with van der Waals surface area (Å²) >= 11 is 0. The molecule has 0 amide bonds. The van der Waals surface area contributed by atoms with Gasteiger partial charge >= 0.3 is 0 Å². The van der Waals surface area contributed by atoms with E-state index in [0.717, 1.165) is 11.8 Å². The molecule has 1 aliphatic carbocycles. The van der Waals surface area contributed by atoms with Gasteiger partial charge in [0.05, 0.1) is 0 Å². The van der Waals surface area contributed by atoms with Crippen molar-refractivity contribution in [2.24, 2.45) is 0 Å². The molecule has 0 radical (unpaired) electrons. The Morgan fingerprint density at radius 2 is 2.00 bits per heavy atom. The summed E-state index contributed by atoms with van der Waals surface area (Å²) in [5.41, 5.74) is 6.15. The number of hydrogen-bond acceptors (Lipinski definition) is 1. The molecule has 0 spiro atoms. The smallest absolute Gasteiger partial charge is 0.0459 e. The molecule has 1 N–H and O–H groups in total. The van der Waals surface area contributed by atoms with E-state index in [1.165, 1.54) is 62.6 Å². The molecule has 2 atom stereocenters. The molecule has 3 aliphatic rings. The standard InChI is InChI=1S/C18H22N2/c1-2-14-11-20(8-1)9-7-15-16-10-13(12-3-4-12)5-6-17(16)19-18(14)15/h5-6,10,12,14,19H,1-4,7-9,11H2. The maximum atomic E-state index is 3.77. The molecule has 20 heavy (non-hydrogen) atoms. The molecular formula is C18H22N2. The van der Waals surface area contributed by atoms with Gasteiger partial charge in [0.15, 0.2) is 0 Å². The van der Waals surface area contributed by atoms with Crippen LogP contribution in [0.25, 0.3) is 10.9 Å². The molecule has 1 saturated carbocycles. The summed E-state index contributed by atoms with van der Waals surface area (Å²) in [6, 6.07) is 7.17. The zero-order chi connectivity index (χ0) is 13.1. The largest absolute Gasteiger partial charge is 0.358 e. The van der Waals surface area contributed by atoms with Gasteiger partial charge in [-0.15, -0.1) is 0 Å². The number of fused-ring (bicyclic) bond motifs is 6. The minimum absolute atomic E-state index is 0.748. The van der Waals surface area contributed by atoms with E-state index in [1.54, 1.807) is 16.8 Å². The number of piperidine rings is 1. The molecule has 1 aromatic heterocycles. The van der Waals surface area contributed by atoms with Crippen LogP contribution in [0.3, 0.4) is 0 Å². The third-order valence-corrected chi connectivity index (χ3v) is 5.60. The Morgan fingerprint density at radius 1 is 1.05 bits per heavy atom. The van der Waals surface area contributed by atoms with Gasteiger partial charge in [0.2, 0.25) is 0 Å². The Hall–Kier alpha value is -1.28. The van der Waals surface area contributed by atoms with Crippen LogP contribution in [0.5, 0.6) is 0 Å². The topological polar surface area (TPSA) is 19.0 Å². The average Bonchev–Trinajstić information content (AvgIpc) is 3.27. The minimum Gasteiger partial charge on any atom is -0.358 e. The summed E-state index contributed by atoms with van der Waals surface area (Å²) in [4.78, 5) is 6.44. The van der Waals surface area contributed by atoms with Crippen LogP contribution in [0.1, 0.15) is 54.3 Å². The number of nitrogens with one attached hydrogen (secondary N) is 1. The SMILES string of the molecule is c1cc2[nH]c3c(c2cc1C1CC1)CCN1CCCC3C1. The lowest BCUT2D eigenvalue weighted by Crippen LogP contribution is -2.33. The molecule has 2 aliphatic heterocycles. The fraction of sp³-hybridized carbons (Fsp3) is 0.556. The second-order valence-electron chi connectivity index (χ2n) is 6.99. The molecule has 3 heterocycles. The Labute approximate surface area is 120 Å². The van der Waals surface area contributed by atoms with Crippen molar-refractivity contribution < 1.29 is 0 Å². The maximum Gasteiger partial charge on any atom is 0.0459 e. The van der Waals surface area contributed by atoms with Gasteiger partial charge in [-0.05, 0) is 67.8 Å². The van der Waals surface area contributed by atoms with Crippen LogP contribution in [0.2, 0.25) is 0 Å². The van der Waals surface area contributed by atoms with Gasteiger partial charge < -0.3 is 9.88 Å². The first-order valence-corrected chi connectivity index (χ1v) is 8.25. The van der Waals surface area contributed by atoms with Crippen LogP contribution in [0.4, 0.5) is 0 Å². The van der Waals surface area contributed by atoms with Crippen LogP contribution >= 0.6 is 0 Å². The maximum absolute atomic E-state index is 3.77. The van der Waals surface area contributed by atoms with E-state index in [2.05, 4.69) is 28.1 Å². The van der Waals surface area contributed by atoms with E-state index in [4.69, 9.17) is 0 Å². The molecule has 2 fully saturated rings. The molecule has 1 aromatic carbocycles. The normalized spacial score (nSPS) is 29.2. The molecule has 2 heteroatoms. The van der Waals surface area contributed by atoms with Gasteiger partial charge in [-0.1, -0.05) is 6.07 Å².